The van der Waals surface area contributed by atoms with E-state index in [2.05, 4.69) is 122 Å². The van der Waals surface area contributed by atoms with Crippen LogP contribution in [0, 0.1) is 0 Å². The van der Waals surface area contributed by atoms with Gasteiger partial charge in [0.2, 0.25) is 0 Å². The van der Waals surface area contributed by atoms with Crippen molar-refractivity contribution in [2.24, 2.45) is 0 Å². The number of nitrogens with zero attached hydrogens (tertiary/aromatic N) is 2. The Morgan fingerprint density at radius 2 is 0.750 bits per heavy atom. The molecule has 0 unspecified atom stereocenters. The predicted molar refractivity (Wildman–Crippen MR) is 164 cm³/mol. The van der Waals surface area contributed by atoms with E-state index in [1.54, 1.807) is 0 Å². The fraction of sp³-hybridized carbons (Fsp3) is 0.471. The van der Waals surface area contributed by atoms with Crippen LogP contribution < -0.4 is 9.80 Å². The van der Waals surface area contributed by atoms with Crippen molar-refractivity contribution in [3.63, 3.8) is 0 Å². The zero-order chi connectivity index (χ0) is 25.8. The van der Waals surface area contributed by atoms with Gasteiger partial charge in [0.25, 0.3) is 0 Å². The minimum atomic E-state index is 1.15. The van der Waals surface area contributed by atoms with Gasteiger partial charge >= 0.3 is 0 Å². The Kier molecular flexibility index (Phi) is 15.2. The summed E-state index contributed by atoms with van der Waals surface area (Å²) in [5.41, 5.74) is 5.17. The lowest BCUT2D eigenvalue weighted by Crippen LogP contribution is -2.25. The summed E-state index contributed by atoms with van der Waals surface area (Å²) in [6, 6.07) is 18.0. The van der Waals surface area contributed by atoms with E-state index in [9.17, 15) is 0 Å². The molecule has 0 aliphatic rings. The molecule has 2 heteroatoms. The smallest absolute Gasteiger partial charge is 0.0366 e. The van der Waals surface area contributed by atoms with Gasteiger partial charge in [0, 0.05) is 37.6 Å². The first-order valence-electron chi connectivity index (χ1n) is 14.4. The van der Waals surface area contributed by atoms with Crippen molar-refractivity contribution in [1.82, 2.24) is 0 Å². The molecular formula is C34H50N2. The predicted octanol–water partition coefficient (Wildman–Crippen LogP) is 9.78. The van der Waals surface area contributed by atoms with Crippen molar-refractivity contribution in [3.8, 4) is 0 Å². The van der Waals surface area contributed by atoms with Gasteiger partial charge in [-0.2, -0.15) is 0 Å². The molecule has 0 radical (unpaired) electrons. The van der Waals surface area contributed by atoms with Gasteiger partial charge in [-0.05, 0) is 61.1 Å². The van der Waals surface area contributed by atoms with Gasteiger partial charge < -0.3 is 9.80 Å². The summed E-state index contributed by atoms with van der Waals surface area (Å²) in [5.74, 6) is 0. The molecule has 0 aliphatic heterocycles. The summed E-state index contributed by atoms with van der Waals surface area (Å²) in [4.78, 5) is 5.07. The third-order valence-corrected chi connectivity index (χ3v) is 6.55. The Morgan fingerprint density at radius 3 is 1.03 bits per heavy atom. The summed E-state index contributed by atoms with van der Waals surface area (Å²) in [5, 5.41) is 0. The van der Waals surface area contributed by atoms with Crippen molar-refractivity contribution in [3.05, 3.63) is 84.0 Å². The van der Waals surface area contributed by atoms with Gasteiger partial charge in [0.05, 0.1) is 0 Å². The zero-order valence-electron chi connectivity index (χ0n) is 23.5. The molecule has 2 rings (SSSR count). The molecule has 0 aromatic heterocycles. The second-order valence-corrected chi connectivity index (χ2v) is 9.67. The maximum atomic E-state index is 2.53. The molecule has 0 N–H and O–H groups in total. The normalized spacial score (nSPS) is 11.8. The van der Waals surface area contributed by atoms with Crippen LogP contribution in [0.4, 0.5) is 11.4 Å². The fourth-order valence-corrected chi connectivity index (χ4v) is 4.19. The summed E-state index contributed by atoms with van der Waals surface area (Å²) in [6.07, 6.45) is 22.8. The van der Waals surface area contributed by atoms with Crippen molar-refractivity contribution in [2.75, 3.05) is 36.0 Å². The summed E-state index contributed by atoms with van der Waals surface area (Å²) < 4.78 is 0. The van der Waals surface area contributed by atoms with Crippen LogP contribution in [0.5, 0.6) is 0 Å². The lowest BCUT2D eigenvalue weighted by molar-refractivity contribution is 0.678. The van der Waals surface area contributed by atoms with E-state index >= 15 is 0 Å². The third-order valence-electron chi connectivity index (χ3n) is 6.55. The molecule has 2 nitrogen and oxygen atoms in total. The largest absolute Gasteiger partial charge is 0.372 e. The zero-order valence-corrected chi connectivity index (χ0v) is 23.5. The number of hydrogen-bond donors (Lipinski definition) is 0. The second kappa shape index (κ2) is 18.5. The molecule has 196 valence electrons. The number of anilines is 2. The Bertz CT molecular complexity index is 798. The maximum absolute atomic E-state index is 2.53. The van der Waals surface area contributed by atoms with Crippen LogP contribution in [-0.4, -0.2) is 26.2 Å². The van der Waals surface area contributed by atoms with E-state index < -0.39 is 0 Å². The van der Waals surface area contributed by atoms with Gasteiger partial charge in [0.1, 0.15) is 0 Å². The molecule has 0 amide bonds. The SMILES string of the molecule is CCCCN(CCCC)c1ccc(/C=C/C=C/C=C/c2ccc(N(CCCC)CCCC)cc2)cc1. The molecule has 0 aliphatic carbocycles. The van der Waals surface area contributed by atoms with Gasteiger partial charge in [-0.15, -0.1) is 0 Å². The highest BCUT2D eigenvalue weighted by molar-refractivity contribution is 5.59. The molecule has 0 atom stereocenters. The highest BCUT2D eigenvalue weighted by Crippen LogP contribution is 2.19. The number of benzene rings is 2. The standard InChI is InChI=1S/C34H50N2/c1-5-9-27-35(28-10-6-2)33-23-19-31(20-24-33)17-15-13-14-16-18-32-21-25-34(26-22-32)36(29-11-7-3)30-12-8-4/h13-26H,5-12,27-30H2,1-4H3/b14-13+,17-15+,18-16+. The molecule has 0 spiro atoms. The quantitative estimate of drug-likeness (QED) is 0.193. The Hall–Kier alpha value is -2.74. The average Bonchev–Trinajstić information content (AvgIpc) is 2.92. The molecule has 0 bridgehead atoms. The number of allylic oxidation sites excluding steroid dienone is 4. The Morgan fingerprint density at radius 1 is 0.444 bits per heavy atom. The molecule has 2 aromatic rings. The van der Waals surface area contributed by atoms with Crippen LogP contribution in [0.3, 0.4) is 0 Å². The van der Waals surface area contributed by atoms with E-state index in [4.69, 9.17) is 0 Å². The van der Waals surface area contributed by atoms with Crippen LogP contribution in [0.25, 0.3) is 12.2 Å². The summed E-state index contributed by atoms with van der Waals surface area (Å²) in [7, 11) is 0. The molecule has 0 heterocycles. The van der Waals surface area contributed by atoms with Crippen molar-refractivity contribution in [2.45, 2.75) is 79.1 Å². The topological polar surface area (TPSA) is 6.48 Å². The molecular weight excluding hydrogens is 436 g/mol. The van der Waals surface area contributed by atoms with Crippen molar-refractivity contribution >= 4 is 23.5 Å². The maximum Gasteiger partial charge on any atom is 0.0366 e. The van der Waals surface area contributed by atoms with Crippen LogP contribution in [0.1, 0.15) is 90.2 Å². The Balaban J connectivity index is 1.88. The van der Waals surface area contributed by atoms with E-state index in [-0.39, 0.29) is 0 Å². The van der Waals surface area contributed by atoms with E-state index in [1.807, 2.05) is 0 Å². The summed E-state index contributed by atoms with van der Waals surface area (Å²) >= 11 is 0. The lowest BCUT2D eigenvalue weighted by atomic mass is 10.1. The summed E-state index contributed by atoms with van der Waals surface area (Å²) in [6.45, 7) is 13.7. The van der Waals surface area contributed by atoms with Gasteiger partial charge in [0.15, 0.2) is 0 Å². The third kappa shape index (κ3) is 11.3. The van der Waals surface area contributed by atoms with Crippen LogP contribution in [-0.2, 0) is 0 Å². The van der Waals surface area contributed by atoms with Crippen molar-refractivity contribution < 1.29 is 0 Å². The first kappa shape index (κ1) is 29.5. The monoisotopic (exact) mass is 486 g/mol. The van der Waals surface area contributed by atoms with Crippen LogP contribution >= 0.6 is 0 Å². The molecule has 0 saturated heterocycles. The van der Waals surface area contributed by atoms with E-state index in [0.717, 1.165) is 26.2 Å². The molecule has 2 aromatic carbocycles. The average molecular weight is 487 g/mol. The van der Waals surface area contributed by atoms with Gasteiger partial charge in [-0.25, -0.2) is 0 Å². The minimum absolute atomic E-state index is 1.15. The highest BCUT2D eigenvalue weighted by atomic mass is 15.1. The van der Waals surface area contributed by atoms with Gasteiger partial charge in [-0.1, -0.05) is 114 Å². The first-order chi connectivity index (χ1) is 17.7. The Labute approximate surface area is 222 Å². The molecule has 0 fully saturated rings. The lowest BCUT2D eigenvalue weighted by Gasteiger charge is -2.24. The van der Waals surface area contributed by atoms with E-state index in [0.29, 0.717) is 0 Å². The van der Waals surface area contributed by atoms with Crippen molar-refractivity contribution in [1.29, 1.82) is 0 Å². The fourth-order valence-electron chi connectivity index (χ4n) is 4.19. The number of unbranched alkanes of at least 4 members (excludes halogenated alkanes) is 4. The van der Waals surface area contributed by atoms with E-state index in [1.165, 1.54) is 73.9 Å². The second-order valence-electron chi connectivity index (χ2n) is 9.67. The highest BCUT2D eigenvalue weighted by Gasteiger charge is 2.06. The minimum Gasteiger partial charge on any atom is -0.372 e. The van der Waals surface area contributed by atoms with Crippen LogP contribution in [0.2, 0.25) is 0 Å². The molecule has 0 saturated carbocycles. The number of hydrogen-bond acceptors (Lipinski definition) is 2. The number of rotatable bonds is 18. The van der Waals surface area contributed by atoms with Gasteiger partial charge in [-0.3, -0.25) is 0 Å². The first-order valence-corrected chi connectivity index (χ1v) is 14.4. The van der Waals surface area contributed by atoms with Crippen LogP contribution in [0.15, 0.2) is 72.8 Å². The molecule has 36 heavy (non-hydrogen) atoms.